The summed E-state index contributed by atoms with van der Waals surface area (Å²) in [5.41, 5.74) is 8.51. The lowest BCUT2D eigenvalue weighted by molar-refractivity contribution is -0.111. The molecule has 2 N–H and O–H groups in total. The number of carbonyl (C=O) groups is 1. The van der Waals surface area contributed by atoms with E-state index in [0.29, 0.717) is 5.69 Å². The van der Waals surface area contributed by atoms with Crippen molar-refractivity contribution in [1.82, 2.24) is 5.43 Å². The molecule has 0 spiro atoms. The molecule has 0 aromatic heterocycles. The summed E-state index contributed by atoms with van der Waals surface area (Å²) in [4.78, 5) is 16.0. The van der Waals surface area contributed by atoms with Crippen LogP contribution in [-0.4, -0.2) is 18.7 Å². The third-order valence-electron chi connectivity index (χ3n) is 2.99. The van der Waals surface area contributed by atoms with Crippen LogP contribution in [0.2, 0.25) is 0 Å². The second-order valence-electron chi connectivity index (χ2n) is 4.83. The van der Waals surface area contributed by atoms with Crippen LogP contribution in [0, 0.1) is 6.92 Å². The monoisotopic (exact) mass is 297 g/mol. The van der Waals surface area contributed by atoms with Crippen molar-refractivity contribution in [2.45, 2.75) is 13.8 Å². The molecule has 0 heterocycles. The number of ether oxygens (including phenoxy) is 1. The van der Waals surface area contributed by atoms with Gasteiger partial charge in [0, 0.05) is 6.92 Å². The van der Waals surface area contributed by atoms with Crippen molar-refractivity contribution < 1.29 is 9.53 Å². The standard InChI is InChI=1S/C17H19N3O2/c1-12-5-4-6-15(11-12)19-20-17(13(2)21)18-14-7-9-16(22-3)10-8-14/h4-11,19H,1-3H3,(H,18,20). The van der Waals surface area contributed by atoms with E-state index in [0.717, 1.165) is 17.0 Å². The van der Waals surface area contributed by atoms with E-state index in [2.05, 4.69) is 15.8 Å². The maximum atomic E-state index is 11.7. The highest BCUT2D eigenvalue weighted by Gasteiger charge is 2.06. The fourth-order valence-electron chi connectivity index (χ4n) is 1.83. The first-order valence-electron chi connectivity index (χ1n) is 6.91. The normalized spacial score (nSPS) is 11.0. The lowest BCUT2D eigenvalue weighted by Crippen LogP contribution is -2.34. The van der Waals surface area contributed by atoms with Crippen LogP contribution in [0.5, 0.6) is 5.75 Å². The van der Waals surface area contributed by atoms with Gasteiger partial charge in [-0.3, -0.25) is 15.6 Å². The molecule has 22 heavy (non-hydrogen) atoms. The average Bonchev–Trinajstić information content (AvgIpc) is 2.52. The van der Waals surface area contributed by atoms with E-state index in [9.17, 15) is 4.79 Å². The summed E-state index contributed by atoms with van der Waals surface area (Å²) >= 11 is 0. The maximum Gasteiger partial charge on any atom is 0.196 e. The summed E-state index contributed by atoms with van der Waals surface area (Å²) < 4.78 is 5.09. The van der Waals surface area contributed by atoms with Crippen LogP contribution < -0.4 is 15.6 Å². The van der Waals surface area contributed by atoms with Gasteiger partial charge in [0.25, 0.3) is 0 Å². The molecule has 114 valence electrons. The summed E-state index contributed by atoms with van der Waals surface area (Å²) in [7, 11) is 1.60. The van der Waals surface area contributed by atoms with Crippen LogP contribution in [0.15, 0.2) is 53.5 Å². The predicted molar refractivity (Wildman–Crippen MR) is 88.7 cm³/mol. The smallest absolute Gasteiger partial charge is 0.196 e. The zero-order chi connectivity index (χ0) is 15.9. The number of hydrazine groups is 1. The van der Waals surface area contributed by atoms with Crippen molar-refractivity contribution >= 4 is 23.0 Å². The zero-order valence-electron chi connectivity index (χ0n) is 12.9. The fourth-order valence-corrected chi connectivity index (χ4v) is 1.83. The molecule has 0 saturated heterocycles. The number of hydrogen-bond donors (Lipinski definition) is 2. The molecular formula is C17H19N3O2. The number of Topliss-reactive ketones (excluding diaryl/α,β-unsaturated/α-hetero) is 1. The molecule has 0 unspecified atom stereocenters. The quantitative estimate of drug-likeness (QED) is 0.505. The second-order valence-corrected chi connectivity index (χ2v) is 4.83. The van der Waals surface area contributed by atoms with E-state index >= 15 is 0 Å². The number of nitrogens with zero attached hydrogens (tertiary/aromatic N) is 1. The number of ketones is 1. The molecule has 0 saturated carbocycles. The Bertz CT molecular complexity index is 679. The largest absolute Gasteiger partial charge is 0.497 e. The summed E-state index contributed by atoms with van der Waals surface area (Å²) in [5.74, 6) is 0.830. The number of benzene rings is 2. The predicted octanol–water partition coefficient (Wildman–Crippen LogP) is 3.24. The summed E-state index contributed by atoms with van der Waals surface area (Å²) in [5, 5.41) is 0. The summed E-state index contributed by atoms with van der Waals surface area (Å²) in [6, 6.07) is 15.0. The first-order chi connectivity index (χ1) is 10.6. The number of aliphatic imine (C=N–C) groups is 1. The van der Waals surface area contributed by atoms with E-state index in [1.54, 1.807) is 31.4 Å². The molecule has 5 heteroatoms. The van der Waals surface area contributed by atoms with Crippen LogP contribution in [0.4, 0.5) is 11.4 Å². The average molecular weight is 297 g/mol. The highest BCUT2D eigenvalue weighted by atomic mass is 16.5. The molecular weight excluding hydrogens is 278 g/mol. The van der Waals surface area contributed by atoms with Gasteiger partial charge >= 0.3 is 0 Å². The highest BCUT2D eigenvalue weighted by Crippen LogP contribution is 2.17. The van der Waals surface area contributed by atoms with E-state index in [4.69, 9.17) is 4.74 Å². The third kappa shape index (κ3) is 4.34. The Hall–Kier alpha value is -2.82. The molecule has 0 radical (unpaired) electrons. The van der Waals surface area contributed by atoms with Crippen LogP contribution in [0.25, 0.3) is 0 Å². The maximum absolute atomic E-state index is 11.7. The minimum atomic E-state index is -0.157. The van der Waals surface area contributed by atoms with Crippen molar-refractivity contribution in [1.29, 1.82) is 0 Å². The van der Waals surface area contributed by atoms with E-state index < -0.39 is 0 Å². The molecule has 2 aromatic rings. The molecule has 5 nitrogen and oxygen atoms in total. The Kier molecular flexibility index (Phi) is 5.14. The molecule has 0 aliphatic rings. The molecule has 0 aliphatic heterocycles. The van der Waals surface area contributed by atoms with E-state index in [-0.39, 0.29) is 11.6 Å². The van der Waals surface area contributed by atoms with Gasteiger partial charge in [-0.1, -0.05) is 12.1 Å². The van der Waals surface area contributed by atoms with Crippen LogP contribution in [0.1, 0.15) is 12.5 Å². The van der Waals surface area contributed by atoms with Crippen molar-refractivity contribution in [3.05, 3.63) is 54.1 Å². The molecule has 0 fully saturated rings. The van der Waals surface area contributed by atoms with Gasteiger partial charge in [0.2, 0.25) is 0 Å². The number of hydrogen-bond acceptors (Lipinski definition) is 4. The molecule has 0 bridgehead atoms. The van der Waals surface area contributed by atoms with Crippen LogP contribution >= 0.6 is 0 Å². The first-order valence-corrected chi connectivity index (χ1v) is 6.91. The Morgan fingerprint density at radius 1 is 1.14 bits per heavy atom. The van der Waals surface area contributed by atoms with E-state index in [1.165, 1.54) is 6.92 Å². The van der Waals surface area contributed by atoms with Gasteiger partial charge in [-0.2, -0.15) is 0 Å². The number of rotatable bonds is 5. The molecule has 0 aliphatic carbocycles. The Morgan fingerprint density at radius 2 is 1.86 bits per heavy atom. The summed E-state index contributed by atoms with van der Waals surface area (Å²) in [6.45, 7) is 3.47. The third-order valence-corrected chi connectivity index (χ3v) is 2.99. The van der Waals surface area contributed by atoms with Gasteiger partial charge in [-0.05, 0) is 48.9 Å². The Morgan fingerprint density at radius 3 is 2.45 bits per heavy atom. The molecule has 0 atom stereocenters. The van der Waals surface area contributed by atoms with Crippen LogP contribution in [0.3, 0.4) is 0 Å². The van der Waals surface area contributed by atoms with Gasteiger partial charge < -0.3 is 4.74 Å². The molecule has 2 rings (SSSR count). The van der Waals surface area contributed by atoms with Gasteiger partial charge in [0.05, 0.1) is 18.5 Å². The Labute approximate surface area is 130 Å². The summed E-state index contributed by atoms with van der Waals surface area (Å²) in [6.07, 6.45) is 0. The van der Waals surface area contributed by atoms with E-state index in [1.807, 2.05) is 31.2 Å². The number of aryl methyl sites for hydroxylation is 1. The Balaban J connectivity index is 2.11. The number of amidine groups is 1. The number of nitrogens with one attached hydrogen (secondary N) is 2. The van der Waals surface area contributed by atoms with Gasteiger partial charge in [-0.15, -0.1) is 0 Å². The minimum Gasteiger partial charge on any atom is -0.497 e. The minimum absolute atomic E-state index is 0.157. The van der Waals surface area contributed by atoms with Gasteiger partial charge in [-0.25, -0.2) is 4.99 Å². The van der Waals surface area contributed by atoms with Crippen LogP contribution in [-0.2, 0) is 4.79 Å². The SMILES string of the molecule is COc1ccc(N=C(NNc2cccc(C)c2)C(C)=O)cc1. The second kappa shape index (κ2) is 7.26. The van der Waals surface area contributed by atoms with Crippen molar-refractivity contribution in [3.63, 3.8) is 0 Å². The fraction of sp³-hybridized carbons (Fsp3) is 0.176. The molecule has 2 aromatic carbocycles. The number of methoxy groups -OCH3 is 1. The lowest BCUT2D eigenvalue weighted by atomic mass is 10.2. The van der Waals surface area contributed by atoms with Gasteiger partial charge in [0.1, 0.15) is 5.75 Å². The molecule has 0 amide bonds. The van der Waals surface area contributed by atoms with Crippen molar-refractivity contribution in [2.24, 2.45) is 4.99 Å². The first kappa shape index (κ1) is 15.6. The lowest BCUT2D eigenvalue weighted by Gasteiger charge is -2.11. The zero-order valence-corrected chi connectivity index (χ0v) is 12.9. The van der Waals surface area contributed by atoms with Gasteiger partial charge in [0.15, 0.2) is 11.6 Å². The topological polar surface area (TPSA) is 62.7 Å². The van der Waals surface area contributed by atoms with Crippen molar-refractivity contribution in [3.8, 4) is 5.75 Å². The number of anilines is 1. The number of carbonyl (C=O) groups excluding carboxylic acids is 1. The van der Waals surface area contributed by atoms with Crippen molar-refractivity contribution in [2.75, 3.05) is 12.5 Å². The highest BCUT2D eigenvalue weighted by molar-refractivity contribution is 6.38.